The second-order valence-electron chi connectivity index (χ2n) is 3.05. The lowest BCUT2D eigenvalue weighted by Gasteiger charge is -2.13. The van der Waals surface area contributed by atoms with Crippen LogP contribution in [0.2, 0.25) is 5.02 Å². The Balaban J connectivity index is 3.07. The molecule has 0 spiro atoms. The third-order valence-corrected chi connectivity index (χ3v) is 2.19. The monoisotopic (exact) mass is 213 g/mol. The Morgan fingerprint density at radius 1 is 1.43 bits per heavy atom. The summed E-state index contributed by atoms with van der Waals surface area (Å²) in [5.74, 6) is -0.416. The highest BCUT2D eigenvalue weighted by Gasteiger charge is 2.10. The van der Waals surface area contributed by atoms with Crippen LogP contribution in [-0.2, 0) is 4.74 Å². The predicted molar refractivity (Wildman–Crippen MR) is 57.1 cm³/mol. The zero-order valence-electron chi connectivity index (χ0n) is 8.37. The van der Waals surface area contributed by atoms with E-state index in [9.17, 15) is 4.79 Å². The maximum atomic E-state index is 11.2. The molecule has 14 heavy (non-hydrogen) atoms. The van der Waals surface area contributed by atoms with Crippen molar-refractivity contribution in [1.82, 2.24) is 0 Å². The number of anilines is 1. The van der Waals surface area contributed by atoms with Gasteiger partial charge in [-0.05, 0) is 18.2 Å². The number of hydrogen-bond donors (Lipinski definition) is 0. The van der Waals surface area contributed by atoms with Gasteiger partial charge in [0.1, 0.15) is 0 Å². The molecule has 1 aromatic carbocycles. The van der Waals surface area contributed by atoms with E-state index in [2.05, 4.69) is 4.74 Å². The summed E-state index contributed by atoms with van der Waals surface area (Å²) in [6.45, 7) is 0. The van der Waals surface area contributed by atoms with E-state index < -0.39 is 5.97 Å². The van der Waals surface area contributed by atoms with Crippen molar-refractivity contribution in [3.8, 4) is 0 Å². The van der Waals surface area contributed by atoms with E-state index in [0.29, 0.717) is 10.6 Å². The minimum Gasteiger partial charge on any atom is -0.465 e. The minimum absolute atomic E-state index is 0.389. The molecule has 0 N–H and O–H groups in total. The molecule has 0 amide bonds. The number of hydrogen-bond acceptors (Lipinski definition) is 3. The van der Waals surface area contributed by atoms with Gasteiger partial charge in [-0.3, -0.25) is 0 Å². The fourth-order valence-corrected chi connectivity index (χ4v) is 1.31. The van der Waals surface area contributed by atoms with E-state index in [1.165, 1.54) is 7.11 Å². The molecule has 0 fully saturated rings. The van der Waals surface area contributed by atoms with Crippen molar-refractivity contribution in [2.75, 3.05) is 26.1 Å². The number of carbonyl (C=O) groups excluding carboxylic acids is 1. The fraction of sp³-hybridized carbons (Fsp3) is 0.300. The van der Waals surface area contributed by atoms with Crippen LogP contribution in [0.25, 0.3) is 0 Å². The maximum Gasteiger partial charge on any atom is 0.339 e. The summed E-state index contributed by atoms with van der Waals surface area (Å²) in [4.78, 5) is 13.1. The van der Waals surface area contributed by atoms with Crippen LogP contribution in [0.3, 0.4) is 0 Å². The van der Waals surface area contributed by atoms with Crippen molar-refractivity contribution in [2.45, 2.75) is 0 Å². The Kier molecular flexibility index (Phi) is 3.36. The SMILES string of the molecule is COC(=O)c1ccc(N(C)C)cc1Cl. The molecule has 0 aliphatic heterocycles. The van der Waals surface area contributed by atoms with E-state index in [0.717, 1.165) is 5.69 Å². The van der Waals surface area contributed by atoms with Crippen molar-refractivity contribution in [2.24, 2.45) is 0 Å². The second-order valence-corrected chi connectivity index (χ2v) is 3.46. The second kappa shape index (κ2) is 4.33. The Bertz CT molecular complexity index is 350. The van der Waals surface area contributed by atoms with E-state index in [-0.39, 0.29) is 0 Å². The average Bonchev–Trinajstić information content (AvgIpc) is 2.16. The van der Waals surface area contributed by atoms with Gasteiger partial charge in [-0.2, -0.15) is 0 Å². The van der Waals surface area contributed by atoms with E-state index >= 15 is 0 Å². The van der Waals surface area contributed by atoms with Crippen molar-refractivity contribution in [3.63, 3.8) is 0 Å². The summed E-state index contributed by atoms with van der Waals surface area (Å²) in [6, 6.07) is 5.20. The first-order valence-electron chi connectivity index (χ1n) is 4.11. The van der Waals surface area contributed by atoms with Gasteiger partial charge in [0.15, 0.2) is 0 Å². The van der Waals surface area contributed by atoms with Gasteiger partial charge in [-0.15, -0.1) is 0 Å². The summed E-state index contributed by atoms with van der Waals surface area (Å²) in [6.07, 6.45) is 0. The molecule has 0 atom stereocenters. The Labute approximate surface area is 88.2 Å². The standard InChI is InChI=1S/C10H12ClNO2/c1-12(2)7-4-5-8(9(11)6-7)10(13)14-3/h4-6H,1-3H3. The third-order valence-electron chi connectivity index (χ3n) is 1.87. The van der Waals surface area contributed by atoms with E-state index in [1.54, 1.807) is 12.1 Å². The molecule has 0 heterocycles. The molecule has 0 radical (unpaired) electrons. The quantitative estimate of drug-likeness (QED) is 0.706. The van der Waals surface area contributed by atoms with Gasteiger partial charge in [-0.25, -0.2) is 4.79 Å². The highest BCUT2D eigenvalue weighted by Crippen LogP contribution is 2.22. The first-order valence-corrected chi connectivity index (χ1v) is 4.49. The molecule has 76 valence electrons. The molecule has 0 unspecified atom stereocenters. The first-order chi connectivity index (χ1) is 6.56. The van der Waals surface area contributed by atoms with Gasteiger partial charge in [0, 0.05) is 19.8 Å². The molecule has 4 heteroatoms. The number of halogens is 1. The maximum absolute atomic E-state index is 11.2. The predicted octanol–water partition coefficient (Wildman–Crippen LogP) is 2.19. The molecule has 1 aromatic rings. The molecular formula is C10H12ClNO2. The van der Waals surface area contributed by atoms with Crippen LogP contribution >= 0.6 is 11.6 Å². The van der Waals surface area contributed by atoms with Gasteiger partial charge in [0.2, 0.25) is 0 Å². The lowest BCUT2D eigenvalue weighted by molar-refractivity contribution is 0.0601. The Morgan fingerprint density at radius 2 is 2.07 bits per heavy atom. The molecule has 1 rings (SSSR count). The van der Waals surface area contributed by atoms with Crippen LogP contribution in [-0.4, -0.2) is 27.2 Å². The summed E-state index contributed by atoms with van der Waals surface area (Å²) < 4.78 is 4.58. The first kappa shape index (κ1) is 10.9. The van der Waals surface area contributed by atoms with Gasteiger partial charge < -0.3 is 9.64 Å². The van der Waals surface area contributed by atoms with Gasteiger partial charge in [0.25, 0.3) is 0 Å². The molecule has 3 nitrogen and oxygen atoms in total. The average molecular weight is 214 g/mol. The molecule has 0 bridgehead atoms. The highest BCUT2D eigenvalue weighted by atomic mass is 35.5. The zero-order chi connectivity index (χ0) is 10.7. The molecule has 0 saturated carbocycles. The smallest absolute Gasteiger partial charge is 0.339 e. The highest BCUT2D eigenvalue weighted by molar-refractivity contribution is 6.33. The normalized spacial score (nSPS) is 9.71. The van der Waals surface area contributed by atoms with Crippen LogP contribution in [0, 0.1) is 0 Å². The van der Waals surface area contributed by atoms with Crippen molar-refractivity contribution < 1.29 is 9.53 Å². The van der Waals surface area contributed by atoms with Crippen LogP contribution in [0.4, 0.5) is 5.69 Å². The molecule has 0 aliphatic rings. The van der Waals surface area contributed by atoms with Gasteiger partial charge in [-0.1, -0.05) is 11.6 Å². The lowest BCUT2D eigenvalue weighted by Crippen LogP contribution is -2.09. The summed E-state index contributed by atoms with van der Waals surface area (Å²) in [5, 5.41) is 0.406. The Morgan fingerprint density at radius 3 is 2.50 bits per heavy atom. The van der Waals surface area contributed by atoms with E-state index in [4.69, 9.17) is 11.6 Å². The van der Waals surface area contributed by atoms with Crippen molar-refractivity contribution in [3.05, 3.63) is 28.8 Å². The summed E-state index contributed by atoms with van der Waals surface area (Å²) >= 11 is 5.92. The third kappa shape index (κ3) is 2.17. The number of methoxy groups -OCH3 is 1. The number of carbonyl (C=O) groups is 1. The van der Waals surface area contributed by atoms with Crippen molar-refractivity contribution >= 4 is 23.3 Å². The number of rotatable bonds is 2. The summed E-state index contributed by atoms with van der Waals surface area (Å²) in [7, 11) is 5.14. The fourth-order valence-electron chi connectivity index (χ4n) is 1.06. The molecule has 0 aromatic heterocycles. The summed E-state index contributed by atoms with van der Waals surface area (Å²) in [5.41, 5.74) is 1.34. The van der Waals surface area contributed by atoms with Crippen LogP contribution in [0.5, 0.6) is 0 Å². The van der Waals surface area contributed by atoms with Gasteiger partial charge in [0.05, 0.1) is 17.7 Å². The Hall–Kier alpha value is -1.22. The molecular weight excluding hydrogens is 202 g/mol. The van der Waals surface area contributed by atoms with E-state index in [1.807, 2.05) is 25.1 Å². The topological polar surface area (TPSA) is 29.5 Å². The largest absolute Gasteiger partial charge is 0.465 e. The van der Waals surface area contributed by atoms with Crippen molar-refractivity contribution in [1.29, 1.82) is 0 Å². The molecule has 0 aliphatic carbocycles. The number of nitrogens with zero attached hydrogens (tertiary/aromatic N) is 1. The zero-order valence-corrected chi connectivity index (χ0v) is 9.13. The van der Waals surface area contributed by atoms with Crippen LogP contribution in [0.15, 0.2) is 18.2 Å². The minimum atomic E-state index is -0.416. The van der Waals surface area contributed by atoms with Gasteiger partial charge >= 0.3 is 5.97 Å². The number of ether oxygens (including phenoxy) is 1. The lowest BCUT2D eigenvalue weighted by atomic mass is 10.2. The molecule has 0 saturated heterocycles. The van der Waals surface area contributed by atoms with Crippen LogP contribution in [0.1, 0.15) is 10.4 Å². The number of benzene rings is 1. The van der Waals surface area contributed by atoms with Crippen LogP contribution < -0.4 is 4.90 Å². The number of esters is 1.